The Kier molecular flexibility index (Phi) is 2.49. The number of hydrogen-bond acceptors (Lipinski definition) is 3. The van der Waals surface area contributed by atoms with Crippen LogP contribution in [0.15, 0.2) is 0 Å². The monoisotopic (exact) mass is 198 g/mol. The van der Waals surface area contributed by atoms with Crippen molar-refractivity contribution in [1.82, 2.24) is 4.90 Å². The molecular weight excluding hydrogens is 180 g/mol. The first-order valence-electron chi connectivity index (χ1n) is 5.38. The zero-order valence-electron chi connectivity index (χ0n) is 8.41. The van der Waals surface area contributed by atoms with Gasteiger partial charge in [-0.3, -0.25) is 9.69 Å². The second kappa shape index (κ2) is 3.51. The lowest BCUT2D eigenvalue weighted by Gasteiger charge is -2.20. The van der Waals surface area contributed by atoms with Gasteiger partial charge in [0.1, 0.15) is 5.54 Å². The zero-order chi connectivity index (χ0) is 10.2. The summed E-state index contributed by atoms with van der Waals surface area (Å²) in [5.74, 6) is -0.842. The third kappa shape index (κ3) is 1.64. The van der Waals surface area contributed by atoms with Gasteiger partial charge in [-0.05, 0) is 25.8 Å². The van der Waals surface area contributed by atoms with Crippen LogP contribution >= 0.6 is 0 Å². The number of hydrogen-bond donors (Lipinski definition) is 2. The molecule has 2 rings (SSSR count). The molecule has 4 nitrogen and oxygen atoms in total. The Labute approximate surface area is 84.1 Å². The highest BCUT2D eigenvalue weighted by Crippen LogP contribution is 2.31. The number of carboxylic acid groups (broad SMARTS) is 1. The molecule has 4 heteroatoms. The van der Waals surface area contributed by atoms with Gasteiger partial charge in [-0.15, -0.1) is 0 Å². The maximum Gasteiger partial charge on any atom is 0.325 e. The molecule has 0 spiro atoms. The number of carboxylic acids is 1. The Morgan fingerprint density at radius 1 is 1.43 bits per heavy atom. The van der Waals surface area contributed by atoms with Crippen molar-refractivity contribution >= 4 is 5.97 Å². The maximum atomic E-state index is 11.0. The summed E-state index contributed by atoms with van der Waals surface area (Å²) in [4.78, 5) is 13.3. The fraction of sp³-hybridized carbons (Fsp3) is 0.900. The van der Waals surface area contributed by atoms with E-state index in [1.807, 2.05) is 0 Å². The molecule has 0 saturated carbocycles. The maximum absolute atomic E-state index is 11.0. The molecule has 2 fully saturated rings. The van der Waals surface area contributed by atoms with Crippen molar-refractivity contribution in [2.75, 3.05) is 13.1 Å². The first kappa shape index (κ1) is 9.93. The first-order chi connectivity index (χ1) is 6.62. The summed E-state index contributed by atoms with van der Waals surface area (Å²) in [6, 6.07) is 0.415. The standard InChI is InChI=1S/C10H18N2O2/c11-10(9(13)14)6-8-4-2-1-3-5-12(8)7-10/h8H,1-7,11H2,(H,13,14). The summed E-state index contributed by atoms with van der Waals surface area (Å²) in [7, 11) is 0. The van der Waals surface area contributed by atoms with E-state index >= 15 is 0 Å². The van der Waals surface area contributed by atoms with E-state index in [4.69, 9.17) is 10.8 Å². The number of rotatable bonds is 1. The SMILES string of the molecule is NC1(C(=O)O)CC2CCCCCN2C1. The van der Waals surface area contributed by atoms with Crippen molar-refractivity contribution in [2.45, 2.75) is 43.7 Å². The van der Waals surface area contributed by atoms with Crippen LogP contribution in [0.25, 0.3) is 0 Å². The Morgan fingerprint density at radius 3 is 2.93 bits per heavy atom. The number of carbonyl (C=O) groups is 1. The molecule has 0 aromatic heterocycles. The summed E-state index contributed by atoms with van der Waals surface area (Å²) < 4.78 is 0. The Hall–Kier alpha value is -0.610. The average molecular weight is 198 g/mol. The molecule has 80 valence electrons. The molecule has 2 heterocycles. The number of fused-ring (bicyclic) bond motifs is 1. The minimum atomic E-state index is -0.984. The molecule has 0 aliphatic carbocycles. The molecule has 14 heavy (non-hydrogen) atoms. The number of nitrogens with zero attached hydrogens (tertiary/aromatic N) is 1. The summed E-state index contributed by atoms with van der Waals surface area (Å²) in [6.45, 7) is 1.56. The Balaban J connectivity index is 2.08. The minimum absolute atomic E-state index is 0.415. The van der Waals surface area contributed by atoms with Crippen LogP contribution in [0.4, 0.5) is 0 Å². The van der Waals surface area contributed by atoms with E-state index in [1.165, 1.54) is 19.3 Å². The Morgan fingerprint density at radius 2 is 2.21 bits per heavy atom. The summed E-state index contributed by atoms with van der Waals surface area (Å²) in [5.41, 5.74) is 4.89. The average Bonchev–Trinajstić information content (AvgIpc) is 2.30. The minimum Gasteiger partial charge on any atom is -0.480 e. The van der Waals surface area contributed by atoms with Crippen LogP contribution in [0, 0.1) is 0 Å². The Bertz CT molecular complexity index is 228. The van der Waals surface area contributed by atoms with Crippen LogP contribution < -0.4 is 5.73 Å². The van der Waals surface area contributed by atoms with Crippen LogP contribution in [0.1, 0.15) is 32.1 Å². The largest absolute Gasteiger partial charge is 0.480 e. The molecule has 2 saturated heterocycles. The van der Waals surface area contributed by atoms with Crippen LogP contribution in [0.5, 0.6) is 0 Å². The fourth-order valence-corrected chi connectivity index (χ4v) is 2.68. The molecule has 2 atom stereocenters. The third-order valence-corrected chi connectivity index (χ3v) is 3.51. The molecule has 2 aliphatic rings. The molecule has 0 bridgehead atoms. The lowest BCUT2D eigenvalue weighted by Crippen LogP contribution is -2.50. The van der Waals surface area contributed by atoms with Crippen molar-refractivity contribution in [3.05, 3.63) is 0 Å². The second-order valence-electron chi connectivity index (χ2n) is 4.64. The van der Waals surface area contributed by atoms with E-state index in [1.54, 1.807) is 0 Å². The predicted molar refractivity (Wildman–Crippen MR) is 53.0 cm³/mol. The summed E-state index contributed by atoms with van der Waals surface area (Å²) >= 11 is 0. The number of nitrogens with two attached hydrogens (primary N) is 1. The lowest BCUT2D eigenvalue weighted by molar-refractivity contribution is -0.142. The van der Waals surface area contributed by atoms with Gasteiger partial charge in [-0.1, -0.05) is 12.8 Å². The second-order valence-corrected chi connectivity index (χ2v) is 4.64. The van der Waals surface area contributed by atoms with Gasteiger partial charge < -0.3 is 10.8 Å². The fourth-order valence-electron chi connectivity index (χ4n) is 2.68. The van der Waals surface area contributed by atoms with Gasteiger partial charge in [0.25, 0.3) is 0 Å². The van der Waals surface area contributed by atoms with Crippen LogP contribution in [0.3, 0.4) is 0 Å². The topological polar surface area (TPSA) is 66.6 Å². The lowest BCUT2D eigenvalue weighted by atomic mass is 9.95. The van der Waals surface area contributed by atoms with Gasteiger partial charge in [0, 0.05) is 12.6 Å². The summed E-state index contributed by atoms with van der Waals surface area (Å²) in [5, 5.41) is 9.04. The smallest absolute Gasteiger partial charge is 0.325 e. The van der Waals surface area contributed by atoms with Crippen molar-refractivity contribution in [2.24, 2.45) is 5.73 Å². The molecule has 2 unspecified atom stereocenters. The third-order valence-electron chi connectivity index (χ3n) is 3.51. The number of aliphatic carboxylic acids is 1. The van der Waals surface area contributed by atoms with Gasteiger partial charge in [0.2, 0.25) is 0 Å². The van der Waals surface area contributed by atoms with Gasteiger partial charge in [-0.25, -0.2) is 0 Å². The molecule has 0 aromatic rings. The molecular formula is C10H18N2O2. The highest BCUT2D eigenvalue weighted by Gasteiger charge is 2.46. The van der Waals surface area contributed by atoms with Crippen molar-refractivity contribution < 1.29 is 9.90 Å². The summed E-state index contributed by atoms with van der Waals surface area (Å²) in [6.07, 6.45) is 5.43. The van der Waals surface area contributed by atoms with Crippen LogP contribution in [-0.4, -0.2) is 40.6 Å². The quantitative estimate of drug-likeness (QED) is 0.640. The van der Waals surface area contributed by atoms with E-state index in [0.717, 1.165) is 13.0 Å². The van der Waals surface area contributed by atoms with E-state index in [9.17, 15) is 4.79 Å². The highest BCUT2D eigenvalue weighted by atomic mass is 16.4. The van der Waals surface area contributed by atoms with Crippen LogP contribution in [-0.2, 0) is 4.79 Å². The van der Waals surface area contributed by atoms with Crippen LogP contribution in [0.2, 0.25) is 0 Å². The van der Waals surface area contributed by atoms with E-state index in [0.29, 0.717) is 19.0 Å². The molecule has 3 N–H and O–H groups in total. The molecule has 0 aromatic carbocycles. The van der Waals surface area contributed by atoms with Crippen molar-refractivity contribution in [3.63, 3.8) is 0 Å². The van der Waals surface area contributed by atoms with Crippen molar-refractivity contribution in [3.8, 4) is 0 Å². The van der Waals surface area contributed by atoms with E-state index < -0.39 is 11.5 Å². The van der Waals surface area contributed by atoms with Gasteiger partial charge in [0.05, 0.1) is 0 Å². The van der Waals surface area contributed by atoms with E-state index in [-0.39, 0.29) is 0 Å². The highest BCUT2D eigenvalue weighted by molar-refractivity contribution is 5.79. The molecule has 0 radical (unpaired) electrons. The van der Waals surface area contributed by atoms with Gasteiger partial charge in [0.15, 0.2) is 0 Å². The molecule has 0 amide bonds. The normalized spacial score (nSPS) is 39.1. The van der Waals surface area contributed by atoms with Gasteiger partial charge >= 0.3 is 5.97 Å². The van der Waals surface area contributed by atoms with Gasteiger partial charge in [-0.2, -0.15) is 0 Å². The first-order valence-corrected chi connectivity index (χ1v) is 5.38. The predicted octanol–water partition coefficient (Wildman–Crippen LogP) is 0.417. The molecule has 2 aliphatic heterocycles. The zero-order valence-corrected chi connectivity index (χ0v) is 8.41. The van der Waals surface area contributed by atoms with Crippen molar-refractivity contribution in [1.29, 1.82) is 0 Å². The van der Waals surface area contributed by atoms with E-state index in [2.05, 4.69) is 4.90 Å².